The van der Waals surface area contributed by atoms with E-state index in [1.165, 1.54) is 10.9 Å². The number of hydrogen-bond acceptors (Lipinski definition) is 5. The van der Waals surface area contributed by atoms with Crippen LogP contribution < -0.4 is 5.73 Å². The lowest BCUT2D eigenvalue weighted by molar-refractivity contribution is -0.384. The molecule has 8 nitrogen and oxygen atoms in total. The molecule has 0 saturated carbocycles. The van der Waals surface area contributed by atoms with Crippen LogP contribution in [-0.4, -0.2) is 20.8 Å². The molecule has 0 aliphatic carbocycles. The highest BCUT2D eigenvalue weighted by molar-refractivity contribution is 5.70. The van der Waals surface area contributed by atoms with Crippen LogP contribution in [0.3, 0.4) is 0 Å². The molecule has 1 aromatic carbocycles. The quantitative estimate of drug-likeness (QED) is 0.500. The van der Waals surface area contributed by atoms with Gasteiger partial charge in [0.2, 0.25) is 0 Å². The van der Waals surface area contributed by atoms with Gasteiger partial charge in [0.25, 0.3) is 0 Å². The van der Waals surface area contributed by atoms with E-state index in [9.17, 15) is 14.9 Å². The van der Waals surface area contributed by atoms with Gasteiger partial charge in [0.05, 0.1) is 4.92 Å². The molecule has 0 aliphatic rings. The Labute approximate surface area is 132 Å². The fraction of sp³-hybridized carbons (Fsp3) is 0.200. The Morgan fingerprint density at radius 2 is 2.35 bits per heavy atom. The van der Waals surface area contributed by atoms with Gasteiger partial charge in [-0.3, -0.25) is 14.8 Å². The molecule has 2 aromatic rings. The van der Waals surface area contributed by atoms with Crippen molar-refractivity contribution in [3.63, 3.8) is 0 Å². The maximum atomic E-state index is 11.1. The molecule has 23 heavy (non-hydrogen) atoms. The first kappa shape index (κ1) is 16.2. The van der Waals surface area contributed by atoms with Gasteiger partial charge in [-0.05, 0) is 11.6 Å². The molecule has 0 aliphatic heterocycles. The average Bonchev–Trinajstić information content (AvgIpc) is 2.88. The fourth-order valence-corrected chi connectivity index (χ4v) is 2.32. The molecule has 1 heterocycles. The summed E-state index contributed by atoms with van der Waals surface area (Å²) >= 11 is 0. The summed E-state index contributed by atoms with van der Waals surface area (Å²) in [6, 6.07) is 6.91. The molecule has 0 radical (unpaired) electrons. The third-order valence-corrected chi connectivity index (χ3v) is 3.29. The van der Waals surface area contributed by atoms with Crippen molar-refractivity contribution in [2.24, 2.45) is 12.8 Å². The summed E-state index contributed by atoms with van der Waals surface area (Å²) in [6.07, 6.45) is 1.68. The number of ether oxygens (including phenoxy) is 1. The Bertz CT molecular complexity index is 754. The van der Waals surface area contributed by atoms with Crippen LogP contribution in [0.15, 0.2) is 43.1 Å². The summed E-state index contributed by atoms with van der Waals surface area (Å²) < 4.78 is 6.49. The molecule has 0 bridgehead atoms. The van der Waals surface area contributed by atoms with Crippen LogP contribution in [0.1, 0.15) is 18.1 Å². The number of nitrogens with zero attached hydrogens (tertiary/aromatic N) is 3. The Morgan fingerprint density at radius 1 is 1.61 bits per heavy atom. The van der Waals surface area contributed by atoms with E-state index >= 15 is 0 Å². The maximum Gasteiger partial charge on any atom is 0.405 e. The average molecular weight is 316 g/mol. The normalized spacial score (nSPS) is 11.7. The van der Waals surface area contributed by atoms with Crippen molar-refractivity contribution in [1.29, 1.82) is 0 Å². The number of aryl methyl sites for hydroxylation is 1. The number of carbonyl (C=O) groups is 1. The van der Waals surface area contributed by atoms with Crippen LogP contribution in [0.25, 0.3) is 11.3 Å². The molecule has 2 rings (SSSR count). The van der Waals surface area contributed by atoms with E-state index < -0.39 is 17.1 Å². The number of primary amides is 1. The minimum absolute atomic E-state index is 0.0965. The zero-order chi connectivity index (χ0) is 17.0. The van der Waals surface area contributed by atoms with Gasteiger partial charge >= 0.3 is 11.8 Å². The minimum Gasteiger partial charge on any atom is -0.441 e. The van der Waals surface area contributed by atoms with Gasteiger partial charge in [0, 0.05) is 19.0 Å². The number of rotatable bonds is 6. The summed E-state index contributed by atoms with van der Waals surface area (Å²) in [6.45, 7) is 3.62. The highest BCUT2D eigenvalue weighted by atomic mass is 16.6. The summed E-state index contributed by atoms with van der Waals surface area (Å²) in [5.74, 6) is 0. The van der Waals surface area contributed by atoms with Crippen molar-refractivity contribution in [3.8, 4) is 11.3 Å². The molecule has 8 heteroatoms. The van der Waals surface area contributed by atoms with Crippen LogP contribution in [-0.2, 0) is 11.8 Å². The van der Waals surface area contributed by atoms with Gasteiger partial charge in [-0.15, -0.1) is 6.58 Å². The predicted octanol–water partition coefficient (Wildman–Crippen LogP) is 2.71. The summed E-state index contributed by atoms with van der Waals surface area (Å²) in [5.41, 5.74) is 6.61. The van der Waals surface area contributed by atoms with Gasteiger partial charge in [-0.1, -0.05) is 24.3 Å². The third-order valence-electron chi connectivity index (χ3n) is 3.29. The van der Waals surface area contributed by atoms with Crippen LogP contribution in [0.4, 0.5) is 10.5 Å². The van der Waals surface area contributed by atoms with E-state index in [-0.39, 0.29) is 5.69 Å². The number of nitrogens with two attached hydrogens (primary N) is 1. The first-order chi connectivity index (χ1) is 10.9. The number of amides is 1. The van der Waals surface area contributed by atoms with E-state index in [2.05, 4.69) is 11.7 Å². The predicted molar refractivity (Wildman–Crippen MR) is 83.5 cm³/mol. The van der Waals surface area contributed by atoms with Crippen molar-refractivity contribution in [2.75, 3.05) is 0 Å². The minimum atomic E-state index is -0.895. The number of aromatic nitrogens is 2. The van der Waals surface area contributed by atoms with Gasteiger partial charge in [0.15, 0.2) is 0 Å². The van der Waals surface area contributed by atoms with Gasteiger partial charge in [-0.2, -0.15) is 5.10 Å². The Hall–Kier alpha value is -3.16. The van der Waals surface area contributed by atoms with Crippen molar-refractivity contribution in [3.05, 3.63) is 58.8 Å². The zero-order valence-electron chi connectivity index (χ0n) is 12.5. The van der Waals surface area contributed by atoms with E-state index in [4.69, 9.17) is 10.5 Å². The van der Waals surface area contributed by atoms with Crippen LogP contribution in [0, 0.1) is 10.1 Å². The highest BCUT2D eigenvalue weighted by Gasteiger charge is 2.22. The van der Waals surface area contributed by atoms with Crippen molar-refractivity contribution in [2.45, 2.75) is 12.5 Å². The van der Waals surface area contributed by atoms with E-state index in [0.29, 0.717) is 23.2 Å². The maximum absolute atomic E-state index is 11.1. The summed E-state index contributed by atoms with van der Waals surface area (Å²) in [4.78, 5) is 21.7. The molecular formula is C15H16N4O4. The van der Waals surface area contributed by atoms with Crippen LogP contribution >= 0.6 is 0 Å². The van der Waals surface area contributed by atoms with Gasteiger partial charge in [-0.25, -0.2) is 4.79 Å². The largest absolute Gasteiger partial charge is 0.441 e. The molecular weight excluding hydrogens is 300 g/mol. The van der Waals surface area contributed by atoms with Crippen LogP contribution in [0.2, 0.25) is 0 Å². The van der Waals surface area contributed by atoms with Gasteiger partial charge < -0.3 is 10.5 Å². The second kappa shape index (κ2) is 6.73. The van der Waals surface area contributed by atoms with Gasteiger partial charge in [0.1, 0.15) is 18.0 Å². The molecule has 1 unspecified atom stereocenters. The van der Waals surface area contributed by atoms with Crippen molar-refractivity contribution >= 4 is 11.8 Å². The topological polar surface area (TPSA) is 113 Å². The number of benzene rings is 1. The third kappa shape index (κ3) is 3.54. The lowest BCUT2D eigenvalue weighted by Crippen LogP contribution is -2.17. The molecule has 2 N–H and O–H groups in total. The summed E-state index contributed by atoms with van der Waals surface area (Å²) in [5, 5.41) is 15.1. The molecule has 0 saturated heterocycles. The second-order valence-corrected chi connectivity index (χ2v) is 4.83. The lowest BCUT2D eigenvalue weighted by Gasteiger charge is -2.16. The van der Waals surface area contributed by atoms with Crippen molar-refractivity contribution < 1.29 is 14.5 Å². The SMILES string of the molecule is C=CCC(OC(N)=O)c1cccc(-c2c([N+](=O)[O-])cnn2C)c1. The zero-order valence-corrected chi connectivity index (χ0v) is 12.5. The highest BCUT2D eigenvalue weighted by Crippen LogP contribution is 2.32. The first-order valence-corrected chi connectivity index (χ1v) is 6.77. The van der Waals surface area contributed by atoms with Crippen LogP contribution in [0.5, 0.6) is 0 Å². The van der Waals surface area contributed by atoms with E-state index in [0.717, 1.165) is 0 Å². The summed E-state index contributed by atoms with van der Waals surface area (Å²) in [7, 11) is 1.62. The second-order valence-electron chi connectivity index (χ2n) is 4.83. The number of nitro groups is 1. The molecule has 0 fully saturated rings. The van der Waals surface area contributed by atoms with E-state index in [1.54, 1.807) is 37.4 Å². The molecule has 1 amide bonds. The van der Waals surface area contributed by atoms with Crippen molar-refractivity contribution in [1.82, 2.24) is 9.78 Å². The standard InChI is InChI=1S/C15H16N4O4/c1-3-5-13(23-15(16)20)10-6-4-7-11(8-10)14-12(19(21)22)9-17-18(14)2/h3-4,6-9,13H,1,5H2,2H3,(H2,16,20). The number of carbonyl (C=O) groups excluding carboxylic acids is 1. The first-order valence-electron chi connectivity index (χ1n) is 6.77. The smallest absolute Gasteiger partial charge is 0.405 e. The lowest BCUT2D eigenvalue weighted by atomic mass is 10.0. The molecule has 1 atom stereocenters. The Balaban J connectivity index is 2.47. The fourth-order valence-electron chi connectivity index (χ4n) is 2.32. The number of hydrogen-bond donors (Lipinski definition) is 1. The monoisotopic (exact) mass is 316 g/mol. The van der Waals surface area contributed by atoms with E-state index in [1.807, 2.05) is 0 Å². The Kier molecular flexibility index (Phi) is 4.75. The molecule has 1 aromatic heterocycles. The Morgan fingerprint density at radius 3 is 2.96 bits per heavy atom. The molecule has 0 spiro atoms. The molecule has 120 valence electrons.